The van der Waals surface area contributed by atoms with Gasteiger partial charge >= 0.3 is 5.97 Å². The van der Waals surface area contributed by atoms with Crippen molar-refractivity contribution in [1.82, 2.24) is 0 Å². The molecule has 0 amide bonds. The molecule has 0 saturated carbocycles. The van der Waals surface area contributed by atoms with Crippen LogP contribution in [-0.4, -0.2) is 17.7 Å². The van der Waals surface area contributed by atoms with Crippen LogP contribution in [0.25, 0.3) is 0 Å². The maximum absolute atomic E-state index is 11.3. The first-order valence-corrected chi connectivity index (χ1v) is 5.13. The quantitative estimate of drug-likeness (QED) is 0.805. The summed E-state index contributed by atoms with van der Waals surface area (Å²) in [6, 6.07) is 6.65. The number of ether oxygens (including phenoxy) is 1. The van der Waals surface area contributed by atoms with Crippen LogP contribution in [0.1, 0.15) is 25.0 Å². The van der Waals surface area contributed by atoms with Gasteiger partial charge in [-0.05, 0) is 12.5 Å². The third-order valence-electron chi connectivity index (χ3n) is 1.87. The van der Waals surface area contributed by atoms with Crippen LogP contribution in [0.4, 0.5) is 0 Å². The van der Waals surface area contributed by atoms with E-state index in [-0.39, 0.29) is 0 Å². The number of rotatable bonds is 4. The molecule has 0 fully saturated rings. The zero-order valence-electron chi connectivity index (χ0n) is 8.44. The number of halogens is 1. The summed E-state index contributed by atoms with van der Waals surface area (Å²) in [5.41, 5.74) is 0.375. The molecule has 0 spiro atoms. The topological polar surface area (TPSA) is 46.5 Å². The molecule has 1 aromatic carbocycles. The Morgan fingerprint density at radius 3 is 2.80 bits per heavy atom. The van der Waals surface area contributed by atoms with Crippen LogP contribution < -0.4 is 0 Å². The molecule has 0 aliphatic rings. The molecule has 0 aromatic heterocycles. The van der Waals surface area contributed by atoms with E-state index in [0.29, 0.717) is 17.2 Å². The van der Waals surface area contributed by atoms with E-state index < -0.39 is 12.1 Å². The van der Waals surface area contributed by atoms with Gasteiger partial charge in [0.05, 0.1) is 6.61 Å². The molecule has 1 N–H and O–H groups in total. The van der Waals surface area contributed by atoms with E-state index in [0.717, 1.165) is 6.42 Å². The maximum atomic E-state index is 11.3. The second kappa shape index (κ2) is 5.73. The lowest BCUT2D eigenvalue weighted by atomic mass is 10.1. The number of carbonyl (C=O) groups is 1. The number of carbonyl (C=O) groups excluding carboxylic acids is 1. The highest BCUT2D eigenvalue weighted by molar-refractivity contribution is 6.31. The molecule has 82 valence electrons. The Morgan fingerprint density at radius 2 is 2.20 bits per heavy atom. The highest BCUT2D eigenvalue weighted by Gasteiger charge is 2.20. The van der Waals surface area contributed by atoms with Crippen molar-refractivity contribution < 1.29 is 14.6 Å². The van der Waals surface area contributed by atoms with Crippen molar-refractivity contribution in [3.05, 3.63) is 34.9 Å². The van der Waals surface area contributed by atoms with Gasteiger partial charge in [-0.25, -0.2) is 4.79 Å². The van der Waals surface area contributed by atoms with Gasteiger partial charge in [0.1, 0.15) is 0 Å². The van der Waals surface area contributed by atoms with Gasteiger partial charge in [-0.1, -0.05) is 36.7 Å². The summed E-state index contributed by atoms with van der Waals surface area (Å²) in [6.45, 7) is 2.19. The second-order valence-corrected chi connectivity index (χ2v) is 3.50. The van der Waals surface area contributed by atoms with Crippen LogP contribution >= 0.6 is 11.6 Å². The number of aliphatic hydroxyl groups is 1. The van der Waals surface area contributed by atoms with E-state index in [1.165, 1.54) is 0 Å². The van der Waals surface area contributed by atoms with Crippen molar-refractivity contribution in [2.24, 2.45) is 0 Å². The average molecular weight is 229 g/mol. The molecule has 1 rings (SSSR count). The van der Waals surface area contributed by atoms with Gasteiger partial charge in [-0.2, -0.15) is 0 Å². The summed E-state index contributed by atoms with van der Waals surface area (Å²) in [7, 11) is 0. The second-order valence-electron chi connectivity index (χ2n) is 3.09. The first kappa shape index (κ1) is 12.0. The van der Waals surface area contributed by atoms with Crippen LogP contribution in [0.3, 0.4) is 0 Å². The molecular formula is C11H13ClO3. The molecule has 0 heterocycles. The van der Waals surface area contributed by atoms with Crippen molar-refractivity contribution in [2.75, 3.05) is 6.61 Å². The van der Waals surface area contributed by atoms with Gasteiger partial charge in [0.25, 0.3) is 0 Å². The molecule has 1 aromatic rings. The SMILES string of the molecule is CCCOC(=O)C(O)c1ccccc1Cl. The van der Waals surface area contributed by atoms with Crippen molar-refractivity contribution >= 4 is 17.6 Å². The molecule has 0 radical (unpaired) electrons. The fourth-order valence-corrected chi connectivity index (χ4v) is 1.34. The van der Waals surface area contributed by atoms with Gasteiger partial charge in [-0.15, -0.1) is 0 Å². The zero-order valence-corrected chi connectivity index (χ0v) is 9.20. The minimum Gasteiger partial charge on any atom is -0.464 e. The van der Waals surface area contributed by atoms with Gasteiger partial charge in [0, 0.05) is 10.6 Å². The van der Waals surface area contributed by atoms with E-state index in [2.05, 4.69) is 0 Å². The standard InChI is InChI=1S/C11H13ClO3/c1-2-7-15-11(14)10(13)8-5-3-4-6-9(8)12/h3-6,10,13H,2,7H2,1H3. The van der Waals surface area contributed by atoms with Gasteiger partial charge < -0.3 is 9.84 Å². The molecule has 4 heteroatoms. The van der Waals surface area contributed by atoms with Crippen molar-refractivity contribution in [2.45, 2.75) is 19.4 Å². The third kappa shape index (κ3) is 3.22. The van der Waals surface area contributed by atoms with E-state index in [1.807, 2.05) is 6.92 Å². The summed E-state index contributed by atoms with van der Waals surface area (Å²) < 4.78 is 4.81. The van der Waals surface area contributed by atoms with Crippen molar-refractivity contribution in [3.8, 4) is 0 Å². The highest BCUT2D eigenvalue weighted by Crippen LogP contribution is 2.23. The molecule has 1 atom stereocenters. The molecule has 0 bridgehead atoms. The summed E-state index contributed by atoms with van der Waals surface area (Å²) in [5.74, 6) is -0.662. The number of benzene rings is 1. The lowest BCUT2D eigenvalue weighted by molar-refractivity contribution is -0.153. The Hall–Kier alpha value is -1.06. The smallest absolute Gasteiger partial charge is 0.339 e. The van der Waals surface area contributed by atoms with Gasteiger partial charge in [-0.3, -0.25) is 0 Å². The third-order valence-corrected chi connectivity index (χ3v) is 2.22. The number of hydrogen-bond donors (Lipinski definition) is 1. The van der Waals surface area contributed by atoms with E-state index in [9.17, 15) is 9.90 Å². The van der Waals surface area contributed by atoms with Crippen LogP contribution in [0.2, 0.25) is 5.02 Å². The molecule has 0 aliphatic heterocycles. The van der Waals surface area contributed by atoms with E-state index in [1.54, 1.807) is 24.3 Å². The normalized spacial score (nSPS) is 12.2. The monoisotopic (exact) mass is 228 g/mol. The molecule has 0 saturated heterocycles. The molecule has 3 nitrogen and oxygen atoms in total. The predicted molar refractivity (Wildman–Crippen MR) is 57.7 cm³/mol. The lowest BCUT2D eigenvalue weighted by Gasteiger charge is -2.11. The van der Waals surface area contributed by atoms with Crippen molar-refractivity contribution in [1.29, 1.82) is 0 Å². The summed E-state index contributed by atoms with van der Waals surface area (Å²) >= 11 is 5.83. The maximum Gasteiger partial charge on any atom is 0.339 e. The Labute approximate surface area is 93.6 Å². The van der Waals surface area contributed by atoms with E-state index >= 15 is 0 Å². The Bertz CT molecular complexity index is 338. The lowest BCUT2D eigenvalue weighted by Crippen LogP contribution is -2.16. The zero-order chi connectivity index (χ0) is 11.3. The van der Waals surface area contributed by atoms with Crippen LogP contribution in [0, 0.1) is 0 Å². The largest absolute Gasteiger partial charge is 0.464 e. The van der Waals surface area contributed by atoms with Crippen LogP contribution in [0.5, 0.6) is 0 Å². The Kier molecular flexibility index (Phi) is 4.59. The molecular weight excluding hydrogens is 216 g/mol. The Morgan fingerprint density at radius 1 is 1.53 bits per heavy atom. The minimum atomic E-state index is -1.30. The summed E-state index contributed by atoms with van der Waals surface area (Å²) in [4.78, 5) is 11.3. The number of esters is 1. The van der Waals surface area contributed by atoms with Crippen molar-refractivity contribution in [3.63, 3.8) is 0 Å². The predicted octanol–water partition coefficient (Wildman–Crippen LogP) is 2.33. The molecule has 1 unspecified atom stereocenters. The molecule has 0 aliphatic carbocycles. The van der Waals surface area contributed by atoms with E-state index in [4.69, 9.17) is 16.3 Å². The van der Waals surface area contributed by atoms with Crippen LogP contribution in [0.15, 0.2) is 24.3 Å². The first-order valence-electron chi connectivity index (χ1n) is 4.76. The summed E-state index contributed by atoms with van der Waals surface area (Å²) in [5, 5.41) is 10.00. The number of hydrogen-bond acceptors (Lipinski definition) is 3. The highest BCUT2D eigenvalue weighted by atomic mass is 35.5. The number of aliphatic hydroxyl groups excluding tert-OH is 1. The molecule has 15 heavy (non-hydrogen) atoms. The fraction of sp³-hybridized carbons (Fsp3) is 0.364. The fourth-order valence-electron chi connectivity index (χ4n) is 1.11. The summed E-state index contributed by atoms with van der Waals surface area (Å²) in [6.07, 6.45) is -0.577. The van der Waals surface area contributed by atoms with Gasteiger partial charge in [0.15, 0.2) is 6.10 Å². The average Bonchev–Trinajstić information content (AvgIpc) is 2.25. The van der Waals surface area contributed by atoms with Gasteiger partial charge in [0.2, 0.25) is 0 Å². The Balaban J connectivity index is 2.72. The first-order chi connectivity index (χ1) is 7.16. The minimum absolute atomic E-state index is 0.306. The van der Waals surface area contributed by atoms with Crippen LogP contribution in [-0.2, 0) is 9.53 Å².